The van der Waals surface area contributed by atoms with Gasteiger partial charge in [-0.05, 0) is 50.6 Å². The Hall–Kier alpha value is -3.44. The van der Waals surface area contributed by atoms with E-state index in [0.717, 1.165) is 0 Å². The number of hydrogen-bond acceptors (Lipinski definition) is 9. The van der Waals surface area contributed by atoms with E-state index in [1.54, 1.807) is 26.8 Å². The van der Waals surface area contributed by atoms with Crippen molar-refractivity contribution in [2.45, 2.75) is 38.8 Å². The molecule has 1 atom stereocenters. The molecule has 0 saturated carbocycles. The van der Waals surface area contributed by atoms with Crippen LogP contribution in [0.15, 0.2) is 24.3 Å². The Bertz CT molecular complexity index is 1060. The van der Waals surface area contributed by atoms with Gasteiger partial charge in [0.25, 0.3) is 0 Å². The van der Waals surface area contributed by atoms with Crippen LogP contribution in [0.25, 0.3) is 11.3 Å². The first-order valence-corrected chi connectivity index (χ1v) is 10.6. The summed E-state index contributed by atoms with van der Waals surface area (Å²) in [4.78, 5) is 35.7. The molecular formula is C22H27ClN4O7. The number of carboxylic acids is 1. The Kier molecular flexibility index (Phi) is 9.16. The molecular weight excluding hydrogens is 468 g/mol. The van der Waals surface area contributed by atoms with E-state index in [9.17, 15) is 19.5 Å². The zero-order valence-electron chi connectivity index (χ0n) is 19.3. The largest absolute Gasteiger partial charge is 0.492 e. The number of esters is 1. The number of carbonyl (C=O) groups excluding carboxylic acids is 2. The summed E-state index contributed by atoms with van der Waals surface area (Å²) in [5, 5.41) is 19.8. The van der Waals surface area contributed by atoms with E-state index in [4.69, 9.17) is 31.5 Å². The topological polar surface area (TPSA) is 163 Å². The smallest absolute Gasteiger partial charge is 0.408 e. The lowest BCUT2D eigenvalue weighted by atomic mass is 10.0. The van der Waals surface area contributed by atoms with E-state index in [0.29, 0.717) is 22.6 Å². The first-order chi connectivity index (χ1) is 15.9. The summed E-state index contributed by atoms with van der Waals surface area (Å²) in [5.41, 5.74) is 6.09. The number of hydrogen-bond donors (Lipinski definition) is 3. The van der Waals surface area contributed by atoms with Crippen LogP contribution < -0.4 is 15.8 Å². The lowest BCUT2D eigenvalue weighted by Crippen LogP contribution is -2.44. The Morgan fingerprint density at radius 1 is 1.21 bits per heavy atom. The van der Waals surface area contributed by atoms with Crippen LogP contribution in [-0.4, -0.2) is 65.2 Å². The molecule has 0 aliphatic carbocycles. The van der Waals surface area contributed by atoms with Gasteiger partial charge in [-0.2, -0.15) is 0 Å². The summed E-state index contributed by atoms with van der Waals surface area (Å²) >= 11 is 6.16. The average molecular weight is 495 g/mol. The standard InChI is InChI=1S/C22H27ClN4O7/c1-22(2,3)34-21(31)25-16(19(28)29)10-13-9-15(26-27-18(13)23)14-6-5-12(20(30)32-4)11-17(14)33-8-7-24/h5-6,9,11,16H,7-8,10,24H2,1-4H3,(H,25,31)(H,28,29). The van der Waals surface area contributed by atoms with Gasteiger partial charge in [0.1, 0.15) is 24.0 Å². The number of methoxy groups -OCH3 is 1. The maximum Gasteiger partial charge on any atom is 0.408 e. The van der Waals surface area contributed by atoms with Crippen LogP contribution in [0.4, 0.5) is 4.79 Å². The summed E-state index contributed by atoms with van der Waals surface area (Å²) in [6.07, 6.45) is -1.07. The molecule has 1 amide bonds. The number of nitrogens with one attached hydrogen (secondary N) is 1. The monoisotopic (exact) mass is 494 g/mol. The normalized spacial score (nSPS) is 11.9. The van der Waals surface area contributed by atoms with Gasteiger partial charge in [-0.3, -0.25) is 0 Å². The highest BCUT2D eigenvalue weighted by atomic mass is 35.5. The van der Waals surface area contributed by atoms with Crippen molar-refractivity contribution in [3.8, 4) is 17.0 Å². The fourth-order valence-corrected chi connectivity index (χ4v) is 3.00. The third-order valence-electron chi connectivity index (χ3n) is 4.29. The number of amides is 1. The van der Waals surface area contributed by atoms with Crippen LogP contribution in [0.3, 0.4) is 0 Å². The second kappa shape index (κ2) is 11.6. The molecule has 2 aromatic rings. The molecule has 184 valence electrons. The van der Waals surface area contributed by atoms with Crippen molar-refractivity contribution < 1.29 is 33.7 Å². The molecule has 1 aromatic heterocycles. The number of carbonyl (C=O) groups is 3. The van der Waals surface area contributed by atoms with E-state index in [1.807, 2.05) is 0 Å². The van der Waals surface area contributed by atoms with Gasteiger partial charge in [0, 0.05) is 18.5 Å². The van der Waals surface area contributed by atoms with Gasteiger partial charge in [0.2, 0.25) is 0 Å². The third kappa shape index (κ3) is 7.56. The molecule has 0 aliphatic heterocycles. The number of nitrogens with zero attached hydrogens (tertiary/aromatic N) is 2. The molecule has 34 heavy (non-hydrogen) atoms. The number of aliphatic carboxylic acids is 1. The lowest BCUT2D eigenvalue weighted by Gasteiger charge is -2.22. The van der Waals surface area contributed by atoms with Crippen LogP contribution in [-0.2, 0) is 20.7 Å². The quantitative estimate of drug-likeness (QED) is 0.441. The molecule has 1 heterocycles. The molecule has 11 nitrogen and oxygen atoms in total. The van der Waals surface area contributed by atoms with E-state index in [1.165, 1.54) is 25.3 Å². The van der Waals surface area contributed by atoms with Gasteiger partial charge in [-0.1, -0.05) is 11.6 Å². The highest BCUT2D eigenvalue weighted by Crippen LogP contribution is 2.31. The zero-order valence-corrected chi connectivity index (χ0v) is 20.0. The minimum Gasteiger partial charge on any atom is -0.492 e. The van der Waals surface area contributed by atoms with Crippen molar-refractivity contribution in [2.24, 2.45) is 5.73 Å². The van der Waals surface area contributed by atoms with Gasteiger partial charge in [-0.15, -0.1) is 10.2 Å². The molecule has 0 radical (unpaired) electrons. The number of carboxylic acid groups (broad SMARTS) is 1. The maximum atomic E-state index is 12.1. The molecule has 0 bridgehead atoms. The predicted octanol–water partition coefficient (Wildman–Crippen LogP) is 2.44. The van der Waals surface area contributed by atoms with E-state index in [-0.39, 0.29) is 30.3 Å². The van der Waals surface area contributed by atoms with Gasteiger partial charge >= 0.3 is 18.0 Å². The number of rotatable bonds is 9. The molecule has 1 aromatic carbocycles. The van der Waals surface area contributed by atoms with Gasteiger partial charge in [0.15, 0.2) is 5.15 Å². The highest BCUT2D eigenvalue weighted by molar-refractivity contribution is 6.30. The number of aromatic nitrogens is 2. The summed E-state index contributed by atoms with van der Waals surface area (Å²) in [6, 6.07) is 4.80. The van der Waals surface area contributed by atoms with E-state index < -0.39 is 29.7 Å². The van der Waals surface area contributed by atoms with E-state index in [2.05, 4.69) is 15.5 Å². The molecule has 0 spiro atoms. The van der Waals surface area contributed by atoms with Crippen molar-refractivity contribution in [3.63, 3.8) is 0 Å². The third-order valence-corrected chi connectivity index (χ3v) is 4.61. The summed E-state index contributed by atoms with van der Waals surface area (Å²) in [7, 11) is 1.26. The Labute approximate surface area is 201 Å². The van der Waals surface area contributed by atoms with Crippen molar-refractivity contribution in [2.75, 3.05) is 20.3 Å². The molecule has 2 rings (SSSR count). The van der Waals surface area contributed by atoms with Crippen molar-refractivity contribution >= 4 is 29.6 Å². The molecule has 0 aliphatic rings. The molecule has 4 N–H and O–H groups in total. The number of ether oxygens (including phenoxy) is 3. The fraction of sp³-hybridized carbons (Fsp3) is 0.409. The second-order valence-corrected chi connectivity index (χ2v) is 8.48. The van der Waals surface area contributed by atoms with Crippen LogP contribution in [0.1, 0.15) is 36.7 Å². The average Bonchev–Trinajstić information content (AvgIpc) is 2.76. The minimum absolute atomic E-state index is 0.0309. The number of nitrogens with two attached hydrogens (primary N) is 1. The number of alkyl carbamates (subject to hydrolysis) is 1. The molecule has 1 unspecified atom stereocenters. The zero-order chi connectivity index (χ0) is 25.5. The fourth-order valence-electron chi connectivity index (χ4n) is 2.83. The predicted molar refractivity (Wildman–Crippen MR) is 123 cm³/mol. The van der Waals surface area contributed by atoms with Crippen molar-refractivity contribution in [1.82, 2.24) is 15.5 Å². The first-order valence-electron chi connectivity index (χ1n) is 10.2. The number of halogens is 1. The van der Waals surface area contributed by atoms with Gasteiger partial charge in [0.05, 0.1) is 18.4 Å². The SMILES string of the molecule is COC(=O)c1ccc(-c2cc(CC(NC(=O)OC(C)(C)C)C(=O)O)c(Cl)nn2)c(OCCN)c1. The Morgan fingerprint density at radius 3 is 2.50 bits per heavy atom. The minimum atomic E-state index is -1.33. The first kappa shape index (κ1) is 26.8. The van der Waals surface area contributed by atoms with Crippen LogP contribution >= 0.6 is 11.6 Å². The maximum absolute atomic E-state index is 12.1. The van der Waals surface area contributed by atoms with Gasteiger partial charge in [-0.25, -0.2) is 14.4 Å². The van der Waals surface area contributed by atoms with Crippen molar-refractivity contribution in [1.29, 1.82) is 0 Å². The number of benzene rings is 1. The lowest BCUT2D eigenvalue weighted by molar-refractivity contribution is -0.139. The Balaban J connectivity index is 2.39. The highest BCUT2D eigenvalue weighted by Gasteiger charge is 2.26. The van der Waals surface area contributed by atoms with Crippen LogP contribution in [0.5, 0.6) is 5.75 Å². The van der Waals surface area contributed by atoms with E-state index >= 15 is 0 Å². The van der Waals surface area contributed by atoms with Crippen molar-refractivity contribution in [3.05, 3.63) is 40.5 Å². The summed E-state index contributed by atoms with van der Waals surface area (Å²) in [5.74, 6) is -1.53. The molecule has 12 heteroatoms. The van der Waals surface area contributed by atoms with Gasteiger partial charge < -0.3 is 30.4 Å². The van der Waals surface area contributed by atoms with Crippen LogP contribution in [0.2, 0.25) is 5.15 Å². The van der Waals surface area contributed by atoms with Crippen LogP contribution in [0, 0.1) is 0 Å². The molecule has 0 saturated heterocycles. The Morgan fingerprint density at radius 2 is 1.91 bits per heavy atom. The summed E-state index contributed by atoms with van der Waals surface area (Å²) in [6.45, 7) is 5.39. The second-order valence-electron chi connectivity index (χ2n) is 8.13. The summed E-state index contributed by atoms with van der Waals surface area (Å²) < 4.78 is 15.5. The molecule has 0 fully saturated rings.